The number of benzene rings is 2. The first kappa shape index (κ1) is 21.2. The van der Waals surface area contributed by atoms with Crippen molar-refractivity contribution in [3.63, 3.8) is 0 Å². The van der Waals surface area contributed by atoms with E-state index in [-0.39, 0.29) is 5.41 Å². The van der Waals surface area contributed by atoms with Crippen molar-refractivity contribution in [1.82, 2.24) is 4.90 Å². The zero-order valence-corrected chi connectivity index (χ0v) is 17.9. The van der Waals surface area contributed by atoms with Crippen LogP contribution in [-0.2, 0) is 18.3 Å². The molecular weight excluding hydrogens is 360 g/mol. The molecule has 0 bridgehead atoms. The third kappa shape index (κ3) is 4.92. The van der Waals surface area contributed by atoms with Crippen LogP contribution in [0.4, 0.5) is 0 Å². The summed E-state index contributed by atoms with van der Waals surface area (Å²) in [6.07, 6.45) is 6.12. The zero-order valence-electron chi connectivity index (χ0n) is 17.9. The van der Waals surface area contributed by atoms with Crippen molar-refractivity contribution in [2.24, 2.45) is 0 Å². The van der Waals surface area contributed by atoms with E-state index in [1.807, 2.05) is 6.07 Å². The van der Waals surface area contributed by atoms with Gasteiger partial charge >= 0.3 is 0 Å². The Balaban J connectivity index is 1.53. The van der Waals surface area contributed by atoms with Crippen molar-refractivity contribution >= 4 is 0 Å². The Morgan fingerprint density at radius 3 is 2.62 bits per heavy atom. The summed E-state index contributed by atoms with van der Waals surface area (Å²) in [7, 11) is 5.49. The summed E-state index contributed by atoms with van der Waals surface area (Å²) in [5.74, 6) is 1.54. The third-order valence-electron chi connectivity index (χ3n) is 6.17. The van der Waals surface area contributed by atoms with Gasteiger partial charge in [0.2, 0.25) is 0 Å². The summed E-state index contributed by atoms with van der Waals surface area (Å²) < 4.78 is 10.7. The first-order valence-corrected chi connectivity index (χ1v) is 10.5. The largest absolute Gasteiger partial charge is 0.493 e. The molecule has 0 spiro atoms. The number of hydrogen-bond donors (Lipinski definition) is 0. The van der Waals surface area contributed by atoms with E-state index in [1.54, 1.807) is 14.2 Å². The van der Waals surface area contributed by atoms with Crippen LogP contribution >= 0.6 is 0 Å². The number of methoxy groups -OCH3 is 2. The molecule has 2 aromatic rings. The number of rotatable bonds is 9. The van der Waals surface area contributed by atoms with Gasteiger partial charge in [-0.15, -0.1) is 0 Å². The van der Waals surface area contributed by atoms with Crippen molar-refractivity contribution in [3.05, 3.63) is 59.2 Å². The first-order chi connectivity index (χ1) is 14.1. The van der Waals surface area contributed by atoms with Gasteiger partial charge in [-0.2, -0.15) is 5.26 Å². The van der Waals surface area contributed by atoms with E-state index < -0.39 is 0 Å². The lowest BCUT2D eigenvalue weighted by Gasteiger charge is -2.34. The van der Waals surface area contributed by atoms with Crippen LogP contribution in [0.25, 0.3) is 0 Å². The molecule has 0 aliphatic heterocycles. The minimum absolute atomic E-state index is 0.307. The molecule has 0 fully saturated rings. The average Bonchev–Trinajstić information content (AvgIpc) is 2.77. The molecule has 0 aromatic heterocycles. The maximum Gasteiger partial charge on any atom is 0.160 e. The second-order valence-corrected chi connectivity index (χ2v) is 8.05. The molecule has 0 unspecified atom stereocenters. The maximum absolute atomic E-state index is 10.0. The molecule has 2 aromatic carbocycles. The minimum Gasteiger partial charge on any atom is -0.493 e. The fourth-order valence-corrected chi connectivity index (χ4v) is 4.47. The number of nitriles is 1. The van der Waals surface area contributed by atoms with Crippen molar-refractivity contribution in [1.29, 1.82) is 5.26 Å². The van der Waals surface area contributed by atoms with Crippen LogP contribution < -0.4 is 9.47 Å². The normalized spacial score (nSPS) is 18.2. The van der Waals surface area contributed by atoms with E-state index >= 15 is 0 Å². The molecule has 0 radical (unpaired) electrons. The molecule has 154 valence electrons. The van der Waals surface area contributed by atoms with Crippen LogP contribution in [0.1, 0.15) is 42.4 Å². The Morgan fingerprint density at radius 1 is 1.07 bits per heavy atom. The van der Waals surface area contributed by atoms with E-state index in [4.69, 9.17) is 9.47 Å². The summed E-state index contributed by atoms with van der Waals surface area (Å²) >= 11 is 0. The Morgan fingerprint density at radius 2 is 1.86 bits per heavy atom. The molecule has 0 heterocycles. The highest BCUT2D eigenvalue weighted by atomic mass is 16.5. The molecule has 0 saturated carbocycles. The molecule has 0 N–H and O–H groups in total. The maximum atomic E-state index is 10.0. The highest BCUT2D eigenvalue weighted by Gasteiger charge is 2.36. The molecular formula is C25H32N2O2. The second-order valence-electron chi connectivity index (χ2n) is 8.05. The number of hydrogen-bond acceptors (Lipinski definition) is 4. The molecule has 4 nitrogen and oxygen atoms in total. The Labute approximate surface area is 175 Å². The Hall–Kier alpha value is -2.51. The van der Waals surface area contributed by atoms with Crippen LogP contribution in [0.15, 0.2) is 42.5 Å². The predicted molar refractivity (Wildman–Crippen MR) is 117 cm³/mol. The predicted octanol–water partition coefficient (Wildman–Crippen LogP) is 4.76. The molecule has 4 heteroatoms. The smallest absolute Gasteiger partial charge is 0.160 e. The van der Waals surface area contributed by atoms with E-state index in [9.17, 15) is 5.26 Å². The summed E-state index contributed by atoms with van der Waals surface area (Å²) in [5, 5.41) is 10.0. The lowest BCUT2D eigenvalue weighted by Crippen LogP contribution is -2.31. The monoisotopic (exact) mass is 392 g/mol. The van der Waals surface area contributed by atoms with Crippen molar-refractivity contribution < 1.29 is 9.47 Å². The highest BCUT2D eigenvalue weighted by Crippen LogP contribution is 2.40. The van der Waals surface area contributed by atoms with Crippen LogP contribution in [0.5, 0.6) is 11.5 Å². The second kappa shape index (κ2) is 9.80. The fourth-order valence-electron chi connectivity index (χ4n) is 4.47. The van der Waals surface area contributed by atoms with Gasteiger partial charge in [0.05, 0.1) is 25.7 Å². The van der Waals surface area contributed by atoms with Gasteiger partial charge in [-0.3, -0.25) is 0 Å². The van der Waals surface area contributed by atoms with Crippen molar-refractivity contribution in [2.75, 3.05) is 34.4 Å². The van der Waals surface area contributed by atoms with Crippen LogP contribution in [0.2, 0.25) is 0 Å². The van der Waals surface area contributed by atoms with Gasteiger partial charge in [0.15, 0.2) is 11.5 Å². The lowest BCUT2D eigenvalue weighted by molar-refractivity contribution is 0.307. The molecule has 0 saturated heterocycles. The Bertz CT molecular complexity index is 858. The van der Waals surface area contributed by atoms with Crippen molar-refractivity contribution in [3.8, 4) is 17.6 Å². The van der Waals surface area contributed by atoms with E-state index in [0.717, 1.165) is 63.1 Å². The molecule has 1 aliphatic rings. The van der Waals surface area contributed by atoms with Gasteiger partial charge in [0, 0.05) is 6.54 Å². The molecule has 3 rings (SSSR count). The fraction of sp³-hybridized carbons (Fsp3) is 0.480. The first-order valence-electron chi connectivity index (χ1n) is 10.5. The summed E-state index contributed by atoms with van der Waals surface area (Å²) in [6.45, 7) is 1.98. The van der Waals surface area contributed by atoms with Gasteiger partial charge in [-0.25, -0.2) is 0 Å². The number of nitrogens with zero attached hydrogens (tertiary/aromatic N) is 2. The number of likely N-dealkylation sites (N-methyl/N-ethyl adjacent to an activating group) is 1. The quantitative estimate of drug-likeness (QED) is 0.617. The van der Waals surface area contributed by atoms with Crippen LogP contribution in [0, 0.1) is 11.3 Å². The third-order valence-corrected chi connectivity index (χ3v) is 6.17. The van der Waals surface area contributed by atoms with Gasteiger partial charge in [-0.1, -0.05) is 30.3 Å². The highest BCUT2D eigenvalue weighted by molar-refractivity contribution is 5.43. The SMILES string of the molecule is COc1ccc(CCN(C)CCC[C@]2(C#N)CCCc3ccccc32)cc1OC. The standard InChI is InChI=1S/C25H32N2O2/c1-27(17-13-20-11-12-23(28-2)24(18-20)29-3)16-7-15-25(19-26)14-6-9-21-8-4-5-10-22(21)25/h4-5,8,10-12,18H,6-7,9,13-17H2,1-3H3/t25-/m0/s1. The number of aryl methyl sites for hydroxylation is 1. The van der Waals surface area contributed by atoms with Gasteiger partial charge in [-0.05, 0) is 80.9 Å². The summed E-state index contributed by atoms with van der Waals surface area (Å²) in [6, 6.07) is 17.3. The van der Waals surface area contributed by atoms with E-state index in [0.29, 0.717) is 0 Å². The van der Waals surface area contributed by atoms with Gasteiger partial charge in [0.1, 0.15) is 0 Å². The molecule has 1 atom stereocenters. The molecule has 29 heavy (non-hydrogen) atoms. The summed E-state index contributed by atoms with van der Waals surface area (Å²) in [4.78, 5) is 2.36. The van der Waals surface area contributed by atoms with Crippen molar-refractivity contribution in [2.45, 2.75) is 43.9 Å². The average molecular weight is 393 g/mol. The van der Waals surface area contributed by atoms with Crippen LogP contribution in [-0.4, -0.2) is 39.3 Å². The van der Waals surface area contributed by atoms with E-state index in [2.05, 4.69) is 54.4 Å². The summed E-state index contributed by atoms with van der Waals surface area (Å²) in [5.41, 5.74) is 3.56. The van der Waals surface area contributed by atoms with Gasteiger partial charge in [0.25, 0.3) is 0 Å². The minimum atomic E-state index is -0.307. The number of fused-ring (bicyclic) bond motifs is 1. The zero-order chi connectivity index (χ0) is 20.7. The molecule has 1 aliphatic carbocycles. The Kier molecular flexibility index (Phi) is 7.17. The van der Waals surface area contributed by atoms with Crippen LogP contribution in [0.3, 0.4) is 0 Å². The lowest BCUT2D eigenvalue weighted by atomic mass is 9.68. The van der Waals surface area contributed by atoms with E-state index in [1.165, 1.54) is 16.7 Å². The molecule has 0 amide bonds. The number of ether oxygens (including phenoxy) is 2. The van der Waals surface area contributed by atoms with Gasteiger partial charge < -0.3 is 14.4 Å². The topological polar surface area (TPSA) is 45.5 Å².